The molecule has 0 unspecified atom stereocenters. The van der Waals surface area contributed by atoms with Crippen LogP contribution >= 0.6 is 0 Å². The second-order valence-corrected chi connectivity index (χ2v) is 5.23. The van der Waals surface area contributed by atoms with E-state index in [-0.39, 0.29) is 13.1 Å². The van der Waals surface area contributed by atoms with Crippen molar-refractivity contribution in [1.29, 1.82) is 0 Å². The standard InChI is InChI=1S/C12H18N2O4/c1-8(15)17-10-7-14(6-9(10)13-5)11(16)18-12(2,3)4/h9-10H,6-7H2,1-4H3/t9-,10-/m0/s1. The fraction of sp³-hybridized carbons (Fsp3) is 0.750. The molecular formula is C12H18N2O4. The molecule has 18 heavy (non-hydrogen) atoms. The van der Waals surface area contributed by atoms with Crippen molar-refractivity contribution < 1.29 is 19.1 Å². The summed E-state index contributed by atoms with van der Waals surface area (Å²) in [7, 11) is 0. The molecule has 0 spiro atoms. The molecule has 1 saturated heterocycles. The van der Waals surface area contributed by atoms with Gasteiger partial charge in [-0.05, 0) is 20.8 Å². The molecule has 0 saturated carbocycles. The van der Waals surface area contributed by atoms with Gasteiger partial charge in [0.15, 0.2) is 6.10 Å². The summed E-state index contributed by atoms with van der Waals surface area (Å²) in [6, 6.07) is -0.513. The summed E-state index contributed by atoms with van der Waals surface area (Å²) >= 11 is 0. The van der Waals surface area contributed by atoms with Gasteiger partial charge in [0.2, 0.25) is 0 Å². The zero-order valence-electron chi connectivity index (χ0n) is 11.1. The average molecular weight is 254 g/mol. The van der Waals surface area contributed by atoms with Crippen LogP contribution in [0.4, 0.5) is 4.79 Å². The molecule has 1 aliphatic rings. The molecular weight excluding hydrogens is 236 g/mol. The number of carbonyl (C=O) groups is 2. The molecule has 1 heterocycles. The Morgan fingerprint density at radius 2 is 1.94 bits per heavy atom. The van der Waals surface area contributed by atoms with Crippen LogP contribution in [0.2, 0.25) is 0 Å². The Balaban J connectivity index is 2.64. The van der Waals surface area contributed by atoms with Crippen LogP contribution in [0.1, 0.15) is 27.7 Å². The van der Waals surface area contributed by atoms with Crippen molar-refractivity contribution in [2.75, 3.05) is 13.1 Å². The van der Waals surface area contributed by atoms with E-state index in [2.05, 4.69) is 4.85 Å². The Kier molecular flexibility index (Phi) is 4.17. The maximum absolute atomic E-state index is 11.8. The number of likely N-dealkylation sites (tertiary alicyclic amines) is 1. The highest BCUT2D eigenvalue weighted by Crippen LogP contribution is 2.20. The quantitative estimate of drug-likeness (QED) is 0.525. The highest BCUT2D eigenvalue weighted by molar-refractivity contribution is 5.69. The smallest absolute Gasteiger partial charge is 0.410 e. The molecule has 0 aromatic carbocycles. The van der Waals surface area contributed by atoms with Crippen molar-refractivity contribution in [2.24, 2.45) is 0 Å². The summed E-state index contributed by atoms with van der Waals surface area (Å²) in [6.45, 7) is 14.1. The number of carbonyl (C=O) groups excluding carboxylic acids is 2. The molecule has 0 aliphatic carbocycles. The second-order valence-electron chi connectivity index (χ2n) is 5.23. The van der Waals surface area contributed by atoms with Crippen molar-refractivity contribution in [3.63, 3.8) is 0 Å². The van der Waals surface area contributed by atoms with Gasteiger partial charge in [0.25, 0.3) is 6.04 Å². The lowest BCUT2D eigenvalue weighted by Gasteiger charge is -2.23. The van der Waals surface area contributed by atoms with Gasteiger partial charge < -0.3 is 14.3 Å². The van der Waals surface area contributed by atoms with E-state index in [1.807, 2.05) is 0 Å². The van der Waals surface area contributed by atoms with Gasteiger partial charge in [-0.3, -0.25) is 9.69 Å². The predicted octanol–water partition coefficient (Wildman–Crippen LogP) is 1.46. The van der Waals surface area contributed by atoms with Crippen molar-refractivity contribution in [3.05, 3.63) is 11.4 Å². The number of nitrogens with zero attached hydrogens (tertiary/aromatic N) is 2. The number of esters is 1. The van der Waals surface area contributed by atoms with Crippen molar-refractivity contribution in [2.45, 2.75) is 45.4 Å². The van der Waals surface area contributed by atoms with Crippen LogP contribution < -0.4 is 0 Å². The summed E-state index contributed by atoms with van der Waals surface area (Å²) in [5.74, 6) is -0.445. The Hall–Kier alpha value is -1.77. The van der Waals surface area contributed by atoms with Crippen molar-refractivity contribution in [1.82, 2.24) is 4.90 Å². The minimum atomic E-state index is -0.579. The van der Waals surface area contributed by atoms with Gasteiger partial charge in [0.05, 0.1) is 6.54 Å². The summed E-state index contributed by atoms with van der Waals surface area (Å²) in [4.78, 5) is 27.5. The average Bonchev–Trinajstić information content (AvgIpc) is 2.57. The van der Waals surface area contributed by atoms with Crippen LogP contribution in [0.5, 0.6) is 0 Å². The van der Waals surface area contributed by atoms with E-state index in [4.69, 9.17) is 16.0 Å². The summed E-state index contributed by atoms with van der Waals surface area (Å²) < 4.78 is 10.2. The van der Waals surface area contributed by atoms with E-state index in [9.17, 15) is 9.59 Å². The highest BCUT2D eigenvalue weighted by atomic mass is 16.6. The van der Waals surface area contributed by atoms with Gasteiger partial charge in [-0.2, -0.15) is 0 Å². The molecule has 0 aromatic heterocycles. The van der Waals surface area contributed by atoms with E-state index in [1.54, 1.807) is 20.8 Å². The molecule has 1 amide bonds. The minimum absolute atomic E-state index is 0.210. The third-order valence-electron chi connectivity index (χ3n) is 2.37. The van der Waals surface area contributed by atoms with Gasteiger partial charge in [0, 0.05) is 6.92 Å². The molecule has 6 heteroatoms. The Labute approximate surface area is 107 Å². The topological polar surface area (TPSA) is 60.2 Å². The first-order chi connectivity index (χ1) is 8.23. The molecule has 100 valence electrons. The van der Waals surface area contributed by atoms with Crippen LogP contribution in [0.25, 0.3) is 4.85 Å². The first-order valence-electron chi connectivity index (χ1n) is 5.74. The highest BCUT2D eigenvalue weighted by Gasteiger charge is 2.43. The second kappa shape index (κ2) is 5.25. The zero-order valence-corrected chi connectivity index (χ0v) is 11.1. The first kappa shape index (κ1) is 14.3. The van der Waals surface area contributed by atoms with E-state index in [0.717, 1.165) is 0 Å². The Morgan fingerprint density at radius 3 is 2.39 bits per heavy atom. The maximum Gasteiger partial charge on any atom is 0.410 e. The molecule has 0 aromatic rings. The molecule has 0 bridgehead atoms. The van der Waals surface area contributed by atoms with Gasteiger partial charge in [-0.1, -0.05) is 0 Å². The van der Waals surface area contributed by atoms with Crippen molar-refractivity contribution in [3.8, 4) is 0 Å². The SMILES string of the molecule is [C-]#[N+][C@H]1CN(C(=O)OC(C)(C)C)C[C@@H]1OC(C)=O. The lowest BCUT2D eigenvalue weighted by molar-refractivity contribution is -0.145. The molecule has 1 aliphatic heterocycles. The maximum atomic E-state index is 11.8. The number of hydrogen-bond acceptors (Lipinski definition) is 4. The molecule has 0 radical (unpaired) electrons. The Bertz CT molecular complexity index is 381. The van der Waals surface area contributed by atoms with Gasteiger partial charge in [-0.25, -0.2) is 11.4 Å². The van der Waals surface area contributed by atoms with E-state index >= 15 is 0 Å². The molecule has 6 nitrogen and oxygen atoms in total. The zero-order chi connectivity index (χ0) is 13.9. The fourth-order valence-corrected chi connectivity index (χ4v) is 1.69. The largest absolute Gasteiger partial charge is 0.452 e. The summed E-state index contributed by atoms with van der Waals surface area (Å²) in [5, 5.41) is 0. The molecule has 2 atom stereocenters. The van der Waals surface area contributed by atoms with Gasteiger partial charge in [0.1, 0.15) is 12.1 Å². The van der Waals surface area contributed by atoms with E-state index in [0.29, 0.717) is 0 Å². The van der Waals surface area contributed by atoms with Crippen LogP contribution in [-0.4, -0.2) is 47.8 Å². The monoisotopic (exact) mass is 254 g/mol. The lowest BCUT2D eigenvalue weighted by atomic mass is 10.2. The normalized spacial score (nSPS) is 23.4. The Morgan fingerprint density at radius 1 is 1.33 bits per heavy atom. The van der Waals surface area contributed by atoms with Crippen LogP contribution in [-0.2, 0) is 14.3 Å². The summed E-state index contributed by atoms with van der Waals surface area (Å²) in [6.07, 6.45) is -1.04. The molecule has 0 N–H and O–H groups in total. The number of hydrogen-bond donors (Lipinski definition) is 0. The lowest BCUT2D eigenvalue weighted by Crippen LogP contribution is -2.36. The number of rotatable bonds is 1. The minimum Gasteiger partial charge on any atom is -0.452 e. The van der Waals surface area contributed by atoms with E-state index < -0.39 is 29.8 Å². The first-order valence-corrected chi connectivity index (χ1v) is 5.74. The van der Waals surface area contributed by atoms with Crippen LogP contribution in [0, 0.1) is 6.57 Å². The van der Waals surface area contributed by atoms with Crippen LogP contribution in [0.3, 0.4) is 0 Å². The van der Waals surface area contributed by atoms with Gasteiger partial charge >= 0.3 is 12.1 Å². The predicted molar refractivity (Wildman–Crippen MR) is 63.8 cm³/mol. The number of amides is 1. The van der Waals surface area contributed by atoms with Crippen LogP contribution in [0.15, 0.2) is 0 Å². The fourth-order valence-electron chi connectivity index (χ4n) is 1.69. The van der Waals surface area contributed by atoms with Crippen molar-refractivity contribution >= 4 is 12.1 Å². The molecule has 1 rings (SSSR count). The third-order valence-corrected chi connectivity index (χ3v) is 2.37. The number of ether oxygens (including phenoxy) is 2. The van der Waals surface area contributed by atoms with Gasteiger partial charge in [-0.15, -0.1) is 0 Å². The summed E-state index contributed by atoms with van der Waals surface area (Å²) in [5.41, 5.74) is -0.579. The third kappa shape index (κ3) is 3.91. The molecule has 1 fully saturated rings. The van der Waals surface area contributed by atoms with E-state index in [1.165, 1.54) is 11.8 Å².